The molecule has 2 aromatic rings. The number of aliphatic hydroxyl groups is 1. The molecule has 2 aromatic carbocycles. The lowest BCUT2D eigenvalue weighted by Gasteiger charge is -2.21. The normalized spacial score (nSPS) is 12.9. The van der Waals surface area contributed by atoms with Crippen molar-refractivity contribution in [3.63, 3.8) is 0 Å². The Labute approximate surface area is 182 Å². The SMILES string of the molecule is Cc1cccc(OCC(O)CNC(=O)C(CC(C)C)NC(=O)c2ccc(Cl)cc2)c1. The van der Waals surface area contributed by atoms with E-state index in [1.165, 1.54) is 0 Å². The maximum atomic E-state index is 12.6. The van der Waals surface area contributed by atoms with Crippen molar-refractivity contribution in [3.05, 3.63) is 64.7 Å². The molecule has 0 bridgehead atoms. The molecular formula is C23H29ClN2O4. The molecule has 0 spiro atoms. The number of rotatable bonds is 10. The molecule has 0 fully saturated rings. The smallest absolute Gasteiger partial charge is 0.251 e. The Morgan fingerprint density at radius 3 is 2.47 bits per heavy atom. The molecule has 0 saturated heterocycles. The first kappa shape index (κ1) is 23.7. The summed E-state index contributed by atoms with van der Waals surface area (Å²) in [6.45, 7) is 5.97. The van der Waals surface area contributed by atoms with Crippen LogP contribution in [-0.2, 0) is 4.79 Å². The highest BCUT2D eigenvalue weighted by molar-refractivity contribution is 6.30. The van der Waals surface area contributed by atoms with Crippen LogP contribution in [0.4, 0.5) is 0 Å². The molecule has 0 aromatic heterocycles. The highest BCUT2D eigenvalue weighted by Crippen LogP contribution is 2.13. The summed E-state index contributed by atoms with van der Waals surface area (Å²) in [4.78, 5) is 25.1. The minimum Gasteiger partial charge on any atom is -0.491 e. The van der Waals surface area contributed by atoms with Gasteiger partial charge in [-0.2, -0.15) is 0 Å². The number of carbonyl (C=O) groups excluding carboxylic acids is 2. The number of aliphatic hydroxyl groups excluding tert-OH is 1. The molecule has 162 valence electrons. The number of benzene rings is 2. The third-order valence-corrected chi connectivity index (χ3v) is 4.63. The fraction of sp³-hybridized carbons (Fsp3) is 0.391. The van der Waals surface area contributed by atoms with Crippen molar-refractivity contribution in [2.45, 2.75) is 39.3 Å². The van der Waals surface area contributed by atoms with Gasteiger partial charge in [0.1, 0.15) is 24.5 Å². The summed E-state index contributed by atoms with van der Waals surface area (Å²) in [5.41, 5.74) is 1.48. The Morgan fingerprint density at radius 2 is 1.83 bits per heavy atom. The summed E-state index contributed by atoms with van der Waals surface area (Å²) in [5.74, 6) is 0.158. The van der Waals surface area contributed by atoms with Crippen LogP contribution in [0.15, 0.2) is 48.5 Å². The largest absolute Gasteiger partial charge is 0.491 e. The molecule has 2 rings (SSSR count). The van der Waals surface area contributed by atoms with Gasteiger partial charge in [-0.25, -0.2) is 0 Å². The van der Waals surface area contributed by atoms with E-state index >= 15 is 0 Å². The average Bonchev–Trinajstić information content (AvgIpc) is 2.70. The van der Waals surface area contributed by atoms with Gasteiger partial charge in [-0.05, 0) is 61.2 Å². The zero-order valence-corrected chi connectivity index (χ0v) is 18.3. The van der Waals surface area contributed by atoms with Crippen LogP contribution in [0.25, 0.3) is 0 Å². The van der Waals surface area contributed by atoms with Crippen LogP contribution in [-0.4, -0.2) is 42.2 Å². The number of halogens is 1. The zero-order valence-electron chi connectivity index (χ0n) is 17.5. The monoisotopic (exact) mass is 432 g/mol. The van der Waals surface area contributed by atoms with E-state index in [2.05, 4.69) is 10.6 Å². The zero-order chi connectivity index (χ0) is 22.1. The van der Waals surface area contributed by atoms with Gasteiger partial charge in [0.2, 0.25) is 5.91 Å². The summed E-state index contributed by atoms with van der Waals surface area (Å²) in [6, 6.07) is 13.3. The number of hydrogen-bond donors (Lipinski definition) is 3. The van der Waals surface area contributed by atoms with Crippen molar-refractivity contribution in [1.82, 2.24) is 10.6 Å². The molecule has 30 heavy (non-hydrogen) atoms. The van der Waals surface area contributed by atoms with E-state index in [0.717, 1.165) is 5.56 Å². The number of carbonyl (C=O) groups is 2. The maximum absolute atomic E-state index is 12.6. The Morgan fingerprint density at radius 1 is 1.13 bits per heavy atom. The molecule has 0 aliphatic rings. The van der Waals surface area contributed by atoms with Gasteiger partial charge < -0.3 is 20.5 Å². The van der Waals surface area contributed by atoms with Crippen molar-refractivity contribution >= 4 is 23.4 Å². The van der Waals surface area contributed by atoms with E-state index in [1.54, 1.807) is 24.3 Å². The van der Waals surface area contributed by atoms with Crippen molar-refractivity contribution in [2.75, 3.05) is 13.2 Å². The van der Waals surface area contributed by atoms with Crippen molar-refractivity contribution < 1.29 is 19.4 Å². The van der Waals surface area contributed by atoms with Gasteiger partial charge in [0, 0.05) is 17.1 Å². The lowest BCUT2D eigenvalue weighted by atomic mass is 10.0. The summed E-state index contributed by atoms with van der Waals surface area (Å²) in [7, 11) is 0. The molecule has 0 heterocycles. The average molecular weight is 433 g/mol. The standard InChI is InChI=1S/C23H29ClN2O4/c1-15(2)11-21(26-22(28)17-7-9-18(24)10-8-17)23(29)25-13-19(27)14-30-20-6-4-5-16(3)12-20/h4-10,12,15,19,21,27H,11,13-14H2,1-3H3,(H,25,29)(H,26,28). The lowest BCUT2D eigenvalue weighted by molar-refractivity contribution is -0.123. The summed E-state index contributed by atoms with van der Waals surface area (Å²) in [5, 5.41) is 16.1. The van der Waals surface area contributed by atoms with Gasteiger partial charge in [-0.3, -0.25) is 9.59 Å². The van der Waals surface area contributed by atoms with E-state index < -0.39 is 12.1 Å². The Bertz CT molecular complexity index is 839. The summed E-state index contributed by atoms with van der Waals surface area (Å²) in [6.07, 6.45) is -0.401. The van der Waals surface area contributed by atoms with Crippen molar-refractivity contribution in [2.24, 2.45) is 5.92 Å². The van der Waals surface area contributed by atoms with Crippen LogP contribution in [0.1, 0.15) is 36.2 Å². The number of amides is 2. The molecular weight excluding hydrogens is 404 g/mol. The molecule has 2 atom stereocenters. The van der Waals surface area contributed by atoms with E-state index in [1.807, 2.05) is 45.0 Å². The van der Waals surface area contributed by atoms with Crippen molar-refractivity contribution in [1.29, 1.82) is 0 Å². The van der Waals surface area contributed by atoms with Gasteiger partial charge in [0.05, 0.1) is 0 Å². The second kappa shape index (κ2) is 11.6. The van der Waals surface area contributed by atoms with Gasteiger partial charge >= 0.3 is 0 Å². The molecule has 0 radical (unpaired) electrons. The summed E-state index contributed by atoms with van der Waals surface area (Å²) < 4.78 is 5.56. The highest BCUT2D eigenvalue weighted by atomic mass is 35.5. The fourth-order valence-electron chi connectivity index (χ4n) is 2.84. The Hall–Kier alpha value is -2.57. The number of nitrogens with one attached hydrogen (secondary N) is 2. The minimum absolute atomic E-state index is 0.0239. The van der Waals surface area contributed by atoms with E-state index in [-0.39, 0.29) is 30.9 Å². The van der Waals surface area contributed by atoms with Gasteiger partial charge in [0.25, 0.3) is 5.91 Å². The quantitative estimate of drug-likeness (QED) is 0.537. The van der Waals surface area contributed by atoms with E-state index in [9.17, 15) is 14.7 Å². The predicted molar refractivity (Wildman–Crippen MR) is 118 cm³/mol. The van der Waals surface area contributed by atoms with Crippen LogP contribution in [0.3, 0.4) is 0 Å². The molecule has 6 nitrogen and oxygen atoms in total. The predicted octanol–water partition coefficient (Wildman–Crippen LogP) is 3.35. The van der Waals surface area contributed by atoms with Crippen molar-refractivity contribution in [3.8, 4) is 5.75 Å². The molecule has 3 N–H and O–H groups in total. The molecule has 7 heteroatoms. The molecule has 2 amide bonds. The minimum atomic E-state index is -0.874. The van der Waals surface area contributed by atoms with Gasteiger partial charge in [-0.1, -0.05) is 37.6 Å². The summed E-state index contributed by atoms with van der Waals surface area (Å²) >= 11 is 5.85. The topological polar surface area (TPSA) is 87.7 Å². The van der Waals surface area contributed by atoms with Crippen LogP contribution >= 0.6 is 11.6 Å². The fourth-order valence-corrected chi connectivity index (χ4v) is 2.97. The maximum Gasteiger partial charge on any atom is 0.251 e. The first-order valence-electron chi connectivity index (χ1n) is 9.96. The van der Waals surface area contributed by atoms with E-state index in [0.29, 0.717) is 22.8 Å². The van der Waals surface area contributed by atoms with E-state index in [4.69, 9.17) is 16.3 Å². The van der Waals surface area contributed by atoms with Gasteiger partial charge in [0.15, 0.2) is 0 Å². The lowest BCUT2D eigenvalue weighted by Crippen LogP contribution is -2.49. The first-order valence-corrected chi connectivity index (χ1v) is 10.3. The Balaban J connectivity index is 1.87. The first-order chi connectivity index (χ1) is 14.2. The second-order valence-corrected chi connectivity index (χ2v) is 8.13. The van der Waals surface area contributed by atoms with Gasteiger partial charge in [-0.15, -0.1) is 0 Å². The molecule has 2 unspecified atom stereocenters. The number of aryl methyl sites for hydroxylation is 1. The number of ether oxygens (including phenoxy) is 1. The number of hydrogen-bond acceptors (Lipinski definition) is 4. The van der Waals surface area contributed by atoms with Crippen LogP contribution < -0.4 is 15.4 Å². The highest BCUT2D eigenvalue weighted by Gasteiger charge is 2.23. The Kier molecular flexibility index (Phi) is 9.15. The van der Waals surface area contributed by atoms with Crippen LogP contribution in [0.2, 0.25) is 5.02 Å². The van der Waals surface area contributed by atoms with Crippen LogP contribution in [0.5, 0.6) is 5.75 Å². The third-order valence-electron chi connectivity index (χ3n) is 4.38. The molecule has 0 aliphatic heterocycles. The van der Waals surface area contributed by atoms with Crippen LogP contribution in [0, 0.1) is 12.8 Å². The molecule has 0 saturated carbocycles. The molecule has 0 aliphatic carbocycles. The second-order valence-electron chi connectivity index (χ2n) is 7.69. The third kappa shape index (κ3) is 8.05.